The number of aryl methyl sites for hydroxylation is 1. The summed E-state index contributed by atoms with van der Waals surface area (Å²) in [4.78, 5) is 23.8. The number of carbonyl (C=O) groups excluding carboxylic acids is 2. The zero-order valence-electron chi connectivity index (χ0n) is 15.4. The number of para-hydroxylation sites is 1. The lowest BCUT2D eigenvalue weighted by atomic mass is 10.2. The average Bonchev–Trinajstić information content (AvgIpc) is 2.61. The van der Waals surface area contributed by atoms with Crippen molar-refractivity contribution in [2.45, 2.75) is 13.3 Å². The first-order valence-corrected chi connectivity index (χ1v) is 10.1. The Bertz CT molecular complexity index is 941. The van der Waals surface area contributed by atoms with Gasteiger partial charge in [0, 0.05) is 18.7 Å². The van der Waals surface area contributed by atoms with Gasteiger partial charge in [0.2, 0.25) is 15.9 Å². The van der Waals surface area contributed by atoms with Gasteiger partial charge in [0.15, 0.2) is 0 Å². The highest BCUT2D eigenvalue weighted by molar-refractivity contribution is 7.92. The second-order valence-electron chi connectivity index (χ2n) is 5.99. The van der Waals surface area contributed by atoms with E-state index in [0.717, 1.165) is 11.8 Å². The predicted octanol–water partition coefficient (Wildman–Crippen LogP) is 2.58. The number of amides is 1. The average molecular weight is 390 g/mol. The molecule has 7 nitrogen and oxygen atoms in total. The molecule has 2 rings (SSSR count). The Balaban J connectivity index is 2.09. The molecule has 0 aliphatic carbocycles. The van der Waals surface area contributed by atoms with Gasteiger partial charge in [0.25, 0.3) is 0 Å². The maximum atomic E-state index is 12.3. The van der Waals surface area contributed by atoms with Gasteiger partial charge in [0.05, 0.1) is 24.6 Å². The molecule has 0 saturated carbocycles. The lowest BCUT2D eigenvalue weighted by molar-refractivity contribution is -0.116. The van der Waals surface area contributed by atoms with Crippen LogP contribution in [0, 0.1) is 6.92 Å². The van der Waals surface area contributed by atoms with E-state index in [1.165, 1.54) is 17.5 Å². The van der Waals surface area contributed by atoms with Gasteiger partial charge in [-0.25, -0.2) is 13.2 Å². The van der Waals surface area contributed by atoms with Crippen LogP contribution >= 0.6 is 0 Å². The van der Waals surface area contributed by atoms with Gasteiger partial charge < -0.3 is 10.1 Å². The summed E-state index contributed by atoms with van der Waals surface area (Å²) < 4.78 is 30.2. The van der Waals surface area contributed by atoms with Crippen LogP contribution in [0.5, 0.6) is 0 Å². The van der Waals surface area contributed by atoms with Crippen LogP contribution in [0.1, 0.15) is 22.3 Å². The van der Waals surface area contributed by atoms with Gasteiger partial charge in [-0.05, 0) is 36.8 Å². The molecule has 27 heavy (non-hydrogen) atoms. The molecule has 0 saturated heterocycles. The van der Waals surface area contributed by atoms with Crippen molar-refractivity contribution in [1.82, 2.24) is 0 Å². The number of hydrogen-bond acceptors (Lipinski definition) is 5. The Labute approximate surface area is 159 Å². The maximum Gasteiger partial charge on any atom is 0.337 e. The Kier molecular flexibility index (Phi) is 6.57. The smallest absolute Gasteiger partial charge is 0.337 e. The van der Waals surface area contributed by atoms with Crippen molar-refractivity contribution in [2.75, 3.05) is 29.5 Å². The second kappa shape index (κ2) is 8.68. The normalized spacial score (nSPS) is 10.9. The lowest BCUT2D eigenvalue weighted by Gasteiger charge is -2.23. The minimum Gasteiger partial charge on any atom is -0.465 e. The van der Waals surface area contributed by atoms with E-state index in [0.29, 0.717) is 16.9 Å². The van der Waals surface area contributed by atoms with Gasteiger partial charge in [-0.3, -0.25) is 9.10 Å². The predicted molar refractivity (Wildman–Crippen MR) is 104 cm³/mol. The topological polar surface area (TPSA) is 92.8 Å². The number of hydrogen-bond donors (Lipinski definition) is 1. The molecule has 0 unspecified atom stereocenters. The summed E-state index contributed by atoms with van der Waals surface area (Å²) in [6.07, 6.45) is 1.07. The number of nitrogens with one attached hydrogen (secondary N) is 1. The zero-order valence-corrected chi connectivity index (χ0v) is 16.2. The van der Waals surface area contributed by atoms with Crippen molar-refractivity contribution >= 4 is 33.3 Å². The lowest BCUT2D eigenvalue weighted by Crippen LogP contribution is -2.33. The number of nitrogens with zero attached hydrogens (tertiary/aromatic N) is 1. The van der Waals surface area contributed by atoms with Gasteiger partial charge in [0.1, 0.15) is 0 Å². The molecule has 0 aliphatic heterocycles. The number of anilines is 2. The van der Waals surface area contributed by atoms with Crippen molar-refractivity contribution in [3.05, 3.63) is 59.7 Å². The Morgan fingerprint density at radius 2 is 1.81 bits per heavy atom. The van der Waals surface area contributed by atoms with E-state index in [1.807, 2.05) is 19.1 Å². The molecule has 8 heteroatoms. The molecule has 1 N–H and O–H groups in total. The Morgan fingerprint density at radius 3 is 2.44 bits per heavy atom. The molecule has 2 aromatic rings. The van der Waals surface area contributed by atoms with Crippen LogP contribution in [-0.2, 0) is 19.6 Å². The number of esters is 1. The van der Waals surface area contributed by atoms with Crippen molar-refractivity contribution in [2.24, 2.45) is 0 Å². The van der Waals surface area contributed by atoms with Crippen LogP contribution in [0.3, 0.4) is 0 Å². The fourth-order valence-corrected chi connectivity index (χ4v) is 3.56. The number of carbonyl (C=O) groups is 2. The summed E-state index contributed by atoms with van der Waals surface area (Å²) in [5.74, 6) is -0.867. The maximum absolute atomic E-state index is 12.3. The largest absolute Gasteiger partial charge is 0.465 e. The van der Waals surface area contributed by atoms with Crippen LogP contribution in [-0.4, -0.2) is 40.2 Å². The minimum atomic E-state index is -3.54. The van der Waals surface area contributed by atoms with E-state index in [1.54, 1.807) is 30.3 Å². The van der Waals surface area contributed by atoms with Crippen molar-refractivity contribution in [3.63, 3.8) is 0 Å². The molecule has 0 spiro atoms. The summed E-state index contributed by atoms with van der Waals surface area (Å²) in [5.41, 5.74) is 2.09. The number of sulfonamides is 1. The fourth-order valence-electron chi connectivity index (χ4n) is 2.58. The standard InChI is InChI=1S/C19H22N2O5S/c1-14-7-4-5-10-17(14)21(27(3,24)25)12-11-18(22)20-16-9-6-8-15(13-16)19(23)26-2/h4-10,13H,11-12H2,1-3H3,(H,20,22). The fraction of sp³-hybridized carbons (Fsp3) is 0.263. The van der Waals surface area contributed by atoms with E-state index >= 15 is 0 Å². The van der Waals surface area contributed by atoms with Crippen LogP contribution in [0.25, 0.3) is 0 Å². The van der Waals surface area contributed by atoms with E-state index in [4.69, 9.17) is 0 Å². The first-order chi connectivity index (χ1) is 12.7. The molecular weight excluding hydrogens is 368 g/mol. The Morgan fingerprint density at radius 1 is 1.11 bits per heavy atom. The van der Waals surface area contributed by atoms with Gasteiger partial charge >= 0.3 is 5.97 Å². The van der Waals surface area contributed by atoms with Gasteiger partial charge in [-0.15, -0.1) is 0 Å². The van der Waals surface area contributed by atoms with E-state index in [2.05, 4.69) is 10.1 Å². The molecule has 0 fully saturated rings. The zero-order chi connectivity index (χ0) is 20.0. The highest BCUT2D eigenvalue weighted by atomic mass is 32.2. The number of rotatable bonds is 7. The third-order valence-corrected chi connectivity index (χ3v) is 5.07. The highest BCUT2D eigenvalue weighted by Crippen LogP contribution is 2.22. The van der Waals surface area contributed by atoms with Gasteiger partial charge in [-0.2, -0.15) is 0 Å². The summed E-state index contributed by atoms with van der Waals surface area (Å²) in [7, 11) is -2.26. The van der Waals surface area contributed by atoms with Gasteiger partial charge in [-0.1, -0.05) is 24.3 Å². The molecule has 0 atom stereocenters. The summed E-state index contributed by atoms with van der Waals surface area (Å²) >= 11 is 0. The molecule has 2 aromatic carbocycles. The molecule has 0 radical (unpaired) electrons. The van der Waals surface area contributed by atoms with E-state index in [-0.39, 0.29) is 18.9 Å². The monoisotopic (exact) mass is 390 g/mol. The number of benzene rings is 2. The number of ether oxygens (including phenoxy) is 1. The van der Waals surface area contributed by atoms with E-state index in [9.17, 15) is 18.0 Å². The first kappa shape index (κ1) is 20.4. The SMILES string of the molecule is COC(=O)c1cccc(NC(=O)CCN(c2ccccc2C)S(C)(=O)=O)c1. The quantitative estimate of drug-likeness (QED) is 0.734. The highest BCUT2D eigenvalue weighted by Gasteiger charge is 2.20. The second-order valence-corrected chi connectivity index (χ2v) is 7.90. The molecule has 0 aliphatic rings. The minimum absolute atomic E-state index is 0.00616. The van der Waals surface area contributed by atoms with Crippen LogP contribution in [0.15, 0.2) is 48.5 Å². The Hall–Kier alpha value is -2.87. The summed E-state index contributed by atoms with van der Waals surface area (Å²) in [6, 6.07) is 13.4. The van der Waals surface area contributed by atoms with Crippen LogP contribution < -0.4 is 9.62 Å². The first-order valence-electron chi connectivity index (χ1n) is 8.24. The molecule has 0 bridgehead atoms. The van der Waals surface area contributed by atoms with Crippen molar-refractivity contribution in [1.29, 1.82) is 0 Å². The molecule has 144 valence electrons. The molecule has 1 amide bonds. The molecular formula is C19H22N2O5S. The van der Waals surface area contributed by atoms with Crippen molar-refractivity contribution < 1.29 is 22.7 Å². The summed E-state index contributed by atoms with van der Waals surface area (Å²) in [6.45, 7) is 1.82. The molecule has 0 heterocycles. The third kappa shape index (κ3) is 5.55. The third-order valence-electron chi connectivity index (χ3n) is 3.89. The van der Waals surface area contributed by atoms with Crippen LogP contribution in [0.4, 0.5) is 11.4 Å². The molecule has 0 aromatic heterocycles. The van der Waals surface area contributed by atoms with Crippen molar-refractivity contribution in [3.8, 4) is 0 Å². The number of methoxy groups -OCH3 is 1. The summed E-state index contributed by atoms with van der Waals surface area (Å²) in [5, 5.41) is 2.67. The van der Waals surface area contributed by atoms with Crippen LogP contribution in [0.2, 0.25) is 0 Å². The van der Waals surface area contributed by atoms with E-state index < -0.39 is 16.0 Å².